The number of rotatable bonds is 5. The van der Waals surface area contributed by atoms with Crippen molar-refractivity contribution in [1.29, 1.82) is 0 Å². The zero-order valence-electron chi connectivity index (χ0n) is 17.2. The van der Waals surface area contributed by atoms with Crippen LogP contribution >= 0.6 is 11.3 Å². The summed E-state index contributed by atoms with van der Waals surface area (Å²) in [5.41, 5.74) is 1.76. The van der Waals surface area contributed by atoms with E-state index in [9.17, 15) is 19.7 Å². The van der Waals surface area contributed by atoms with Gasteiger partial charge in [0.2, 0.25) is 11.8 Å². The fraction of sp³-hybridized carbons (Fsp3) is 0.455. The van der Waals surface area contributed by atoms with Crippen molar-refractivity contribution in [2.45, 2.75) is 45.4 Å². The Hall–Kier alpha value is -2.20. The zero-order valence-corrected chi connectivity index (χ0v) is 18.0. The highest BCUT2D eigenvalue weighted by molar-refractivity contribution is 7.09. The van der Waals surface area contributed by atoms with Crippen molar-refractivity contribution in [1.82, 2.24) is 4.90 Å². The Labute approximate surface area is 184 Å². The first kappa shape index (κ1) is 20.7. The molecule has 5 rings (SSSR count). The van der Waals surface area contributed by atoms with Crippen molar-refractivity contribution in [3.8, 4) is 0 Å². The van der Waals surface area contributed by atoms with Gasteiger partial charge in [-0.1, -0.05) is 18.6 Å². The van der Waals surface area contributed by atoms with Crippen LogP contribution in [0.5, 0.6) is 0 Å². The number of nitrogens with zero attached hydrogens (tertiary/aromatic N) is 1. The number of thiophene rings is 1. The Kier molecular flexibility index (Phi) is 5.38. The number of allylic oxidation sites excluding steroid dienone is 2. The molecule has 0 radical (unpaired) electrons. The van der Waals surface area contributed by atoms with E-state index in [2.05, 4.69) is 0 Å². The average molecular weight is 441 g/mol. The lowest BCUT2D eigenvalue weighted by atomic mass is 9.55. The molecular weight excluding hydrogens is 417 g/mol. The summed E-state index contributed by atoms with van der Waals surface area (Å²) in [5.74, 6) is -0.530. The SMILES string of the molecule is CCC1=C2B(O)O[C@H](c3ccc(CO)o3)C[C@H]2[C@H]2C(=O)N(Cc3cccs3)C(=O)[C@H]2C1. The summed E-state index contributed by atoms with van der Waals surface area (Å²) in [6.07, 6.45) is 1.08. The highest BCUT2D eigenvalue weighted by Crippen LogP contribution is 2.52. The molecule has 2 saturated heterocycles. The topological polar surface area (TPSA) is 100 Å². The Morgan fingerprint density at radius 3 is 2.74 bits per heavy atom. The van der Waals surface area contributed by atoms with Crippen LogP contribution in [0, 0.1) is 17.8 Å². The molecule has 2 N–H and O–H groups in total. The van der Waals surface area contributed by atoms with Crippen LogP contribution in [0.15, 0.2) is 45.1 Å². The van der Waals surface area contributed by atoms with Gasteiger partial charge in [0, 0.05) is 4.88 Å². The first-order chi connectivity index (χ1) is 15.0. The number of likely N-dealkylation sites (tertiary alicyclic amines) is 1. The van der Waals surface area contributed by atoms with Crippen molar-refractivity contribution >= 4 is 30.3 Å². The smallest absolute Gasteiger partial charge is 0.461 e. The Morgan fingerprint density at radius 1 is 1.23 bits per heavy atom. The summed E-state index contributed by atoms with van der Waals surface area (Å²) >= 11 is 1.53. The number of hydrogen-bond acceptors (Lipinski definition) is 7. The zero-order chi connectivity index (χ0) is 21.7. The predicted octanol–water partition coefficient (Wildman–Crippen LogP) is 2.84. The Balaban J connectivity index is 1.48. The number of hydrogen-bond donors (Lipinski definition) is 2. The van der Waals surface area contributed by atoms with Crippen LogP contribution in [0.1, 0.15) is 48.7 Å². The number of amides is 2. The highest BCUT2D eigenvalue weighted by atomic mass is 32.1. The predicted molar refractivity (Wildman–Crippen MR) is 113 cm³/mol. The number of fused-ring (bicyclic) bond motifs is 3. The van der Waals surface area contributed by atoms with E-state index in [1.165, 1.54) is 16.2 Å². The molecule has 0 spiro atoms. The van der Waals surface area contributed by atoms with Crippen molar-refractivity contribution < 1.29 is 28.8 Å². The average Bonchev–Trinajstić information content (AvgIpc) is 3.50. The molecule has 31 heavy (non-hydrogen) atoms. The summed E-state index contributed by atoms with van der Waals surface area (Å²) in [7, 11) is -1.14. The monoisotopic (exact) mass is 441 g/mol. The van der Waals surface area contributed by atoms with Gasteiger partial charge in [0.25, 0.3) is 0 Å². The van der Waals surface area contributed by atoms with Crippen LogP contribution in [0.25, 0.3) is 0 Å². The second-order valence-corrected chi connectivity index (χ2v) is 9.40. The van der Waals surface area contributed by atoms with E-state index in [-0.39, 0.29) is 24.3 Å². The lowest BCUT2D eigenvalue weighted by Gasteiger charge is -2.41. The molecule has 2 aliphatic heterocycles. The molecule has 4 atom stereocenters. The van der Waals surface area contributed by atoms with Gasteiger partial charge in [-0.3, -0.25) is 14.5 Å². The van der Waals surface area contributed by atoms with Crippen molar-refractivity contribution in [3.05, 3.63) is 57.1 Å². The molecule has 2 aromatic heterocycles. The minimum atomic E-state index is -1.14. The van der Waals surface area contributed by atoms with Gasteiger partial charge in [0.05, 0.1) is 18.4 Å². The van der Waals surface area contributed by atoms with E-state index in [0.717, 1.165) is 15.9 Å². The number of furan rings is 1. The third kappa shape index (κ3) is 3.40. The van der Waals surface area contributed by atoms with E-state index in [4.69, 9.17) is 9.07 Å². The standard InChI is InChI=1S/C22H24BNO6S/c1-2-12-8-16-19(22(27)24(21(16)26)10-14-4-3-7-31-14)15-9-18(30-23(28)20(12)15)17-6-5-13(11-25)29-17/h3-7,15-16,18-19,25,28H,2,8-11H2,1H3/t15-,16-,18-,19+/m0/s1. The van der Waals surface area contributed by atoms with Crippen LogP contribution in [0.2, 0.25) is 0 Å². The maximum atomic E-state index is 13.4. The van der Waals surface area contributed by atoms with E-state index in [1.807, 2.05) is 24.4 Å². The summed E-state index contributed by atoms with van der Waals surface area (Å²) in [6, 6.07) is 7.24. The van der Waals surface area contributed by atoms with Gasteiger partial charge < -0.3 is 19.2 Å². The highest BCUT2D eigenvalue weighted by Gasteiger charge is 2.57. The van der Waals surface area contributed by atoms with Gasteiger partial charge in [0.15, 0.2) is 0 Å². The minimum absolute atomic E-state index is 0.119. The molecule has 162 valence electrons. The van der Waals surface area contributed by atoms with E-state index < -0.39 is 25.1 Å². The molecule has 7 nitrogen and oxygen atoms in total. The summed E-state index contributed by atoms with van der Waals surface area (Å²) in [5, 5.41) is 22.1. The number of carbonyl (C=O) groups is 2. The third-order valence-corrected chi connectivity index (χ3v) is 7.64. The largest absolute Gasteiger partial charge is 0.487 e. The van der Waals surface area contributed by atoms with Gasteiger partial charge in [-0.25, -0.2) is 0 Å². The van der Waals surface area contributed by atoms with Gasteiger partial charge in [0.1, 0.15) is 24.2 Å². The third-order valence-electron chi connectivity index (χ3n) is 6.78. The second kappa shape index (κ2) is 8.05. The molecule has 1 aliphatic carbocycles. The van der Waals surface area contributed by atoms with Crippen LogP contribution in [0.3, 0.4) is 0 Å². The lowest BCUT2D eigenvalue weighted by Crippen LogP contribution is -2.44. The number of carbonyl (C=O) groups excluding carboxylic acids is 2. The molecule has 0 unspecified atom stereocenters. The number of aliphatic hydroxyl groups is 1. The minimum Gasteiger partial charge on any atom is -0.461 e. The molecule has 4 heterocycles. The normalized spacial score (nSPS) is 28.4. The second-order valence-electron chi connectivity index (χ2n) is 8.37. The van der Waals surface area contributed by atoms with E-state index in [0.29, 0.717) is 37.3 Å². The molecule has 0 aromatic carbocycles. The first-order valence-electron chi connectivity index (χ1n) is 10.6. The molecule has 9 heteroatoms. The van der Waals surface area contributed by atoms with Crippen molar-refractivity contribution in [2.24, 2.45) is 17.8 Å². The van der Waals surface area contributed by atoms with Crippen LogP contribution < -0.4 is 0 Å². The van der Waals surface area contributed by atoms with Gasteiger partial charge in [-0.05, 0) is 54.2 Å². The Bertz CT molecular complexity index is 1030. The Morgan fingerprint density at radius 2 is 2.06 bits per heavy atom. The molecule has 3 aliphatic rings. The van der Waals surface area contributed by atoms with Crippen LogP contribution in [-0.2, 0) is 27.4 Å². The van der Waals surface area contributed by atoms with Gasteiger partial charge >= 0.3 is 7.12 Å². The molecule has 0 saturated carbocycles. The summed E-state index contributed by atoms with van der Waals surface area (Å²) in [4.78, 5) is 29.0. The first-order valence-corrected chi connectivity index (χ1v) is 11.5. The lowest BCUT2D eigenvalue weighted by molar-refractivity contribution is -0.140. The molecular formula is C22H24BNO6S. The van der Waals surface area contributed by atoms with Gasteiger partial charge in [-0.2, -0.15) is 0 Å². The molecule has 0 bridgehead atoms. The van der Waals surface area contributed by atoms with E-state index >= 15 is 0 Å². The van der Waals surface area contributed by atoms with Crippen LogP contribution in [0.4, 0.5) is 0 Å². The number of aliphatic hydroxyl groups excluding tert-OH is 1. The van der Waals surface area contributed by atoms with E-state index in [1.54, 1.807) is 12.1 Å². The summed E-state index contributed by atoms with van der Waals surface area (Å²) in [6.45, 7) is 2.08. The van der Waals surface area contributed by atoms with Gasteiger partial charge in [-0.15, -0.1) is 11.3 Å². The maximum absolute atomic E-state index is 13.4. The van der Waals surface area contributed by atoms with Crippen molar-refractivity contribution in [3.63, 3.8) is 0 Å². The fourth-order valence-electron chi connectivity index (χ4n) is 5.37. The van der Waals surface area contributed by atoms with Crippen molar-refractivity contribution in [2.75, 3.05) is 0 Å². The summed E-state index contributed by atoms with van der Waals surface area (Å²) < 4.78 is 11.5. The maximum Gasteiger partial charge on any atom is 0.487 e. The number of imide groups is 1. The molecule has 2 aromatic rings. The molecule has 2 fully saturated rings. The fourth-order valence-corrected chi connectivity index (χ4v) is 6.06. The van der Waals surface area contributed by atoms with Crippen LogP contribution in [-0.4, -0.2) is 34.0 Å². The quantitative estimate of drug-likeness (QED) is 0.547. The molecule has 2 amide bonds.